The first kappa shape index (κ1) is 16.5. The quantitative estimate of drug-likeness (QED) is 0.644. The molecule has 0 spiro atoms. The molecular formula is C19H32N2. The van der Waals surface area contributed by atoms with E-state index in [-0.39, 0.29) is 5.41 Å². The van der Waals surface area contributed by atoms with Crippen LogP contribution in [0, 0.1) is 11.8 Å². The standard InChI is InChI=1S/C19H32N2/c1-14-5-9-16(10-6-14)18(21-20)13-15-7-11-17(12-8-15)19(2,3)4/h7-8,11-12,14,16,18,21H,5-6,9-10,13,20H2,1-4H3. The minimum atomic E-state index is 0.226. The maximum Gasteiger partial charge on any atom is 0.0279 e. The fourth-order valence-corrected chi connectivity index (χ4v) is 3.44. The Morgan fingerprint density at radius 1 is 1.10 bits per heavy atom. The van der Waals surface area contributed by atoms with Crippen molar-refractivity contribution >= 4 is 0 Å². The van der Waals surface area contributed by atoms with E-state index in [4.69, 9.17) is 5.84 Å². The van der Waals surface area contributed by atoms with E-state index in [0.29, 0.717) is 6.04 Å². The summed E-state index contributed by atoms with van der Waals surface area (Å²) in [5.41, 5.74) is 6.10. The van der Waals surface area contributed by atoms with Crippen molar-refractivity contribution in [3.63, 3.8) is 0 Å². The van der Waals surface area contributed by atoms with Crippen LogP contribution in [-0.4, -0.2) is 6.04 Å². The minimum absolute atomic E-state index is 0.226. The molecule has 0 amide bonds. The predicted octanol–water partition coefficient (Wildman–Crippen LogP) is 4.18. The molecule has 1 unspecified atom stereocenters. The van der Waals surface area contributed by atoms with Gasteiger partial charge in [0.15, 0.2) is 0 Å². The Morgan fingerprint density at radius 2 is 1.67 bits per heavy atom. The molecule has 21 heavy (non-hydrogen) atoms. The average molecular weight is 288 g/mol. The molecule has 0 heterocycles. The molecule has 0 aromatic heterocycles. The van der Waals surface area contributed by atoms with Gasteiger partial charge in [-0.2, -0.15) is 0 Å². The summed E-state index contributed by atoms with van der Waals surface area (Å²) < 4.78 is 0. The second-order valence-corrected chi connectivity index (χ2v) is 7.94. The summed E-state index contributed by atoms with van der Waals surface area (Å²) in [5, 5.41) is 0. The molecule has 1 fully saturated rings. The van der Waals surface area contributed by atoms with Crippen LogP contribution in [0.1, 0.15) is 64.5 Å². The summed E-state index contributed by atoms with van der Waals surface area (Å²) in [6, 6.07) is 9.50. The Morgan fingerprint density at radius 3 is 2.14 bits per heavy atom. The summed E-state index contributed by atoms with van der Waals surface area (Å²) in [7, 11) is 0. The number of nitrogens with one attached hydrogen (secondary N) is 1. The highest BCUT2D eigenvalue weighted by Gasteiger charge is 2.25. The topological polar surface area (TPSA) is 38.0 Å². The summed E-state index contributed by atoms with van der Waals surface area (Å²) in [4.78, 5) is 0. The fraction of sp³-hybridized carbons (Fsp3) is 0.684. The second kappa shape index (κ2) is 6.93. The number of hydrogen-bond donors (Lipinski definition) is 2. The van der Waals surface area contributed by atoms with Crippen molar-refractivity contribution in [1.82, 2.24) is 5.43 Å². The van der Waals surface area contributed by atoms with Gasteiger partial charge in [0.2, 0.25) is 0 Å². The van der Waals surface area contributed by atoms with E-state index in [9.17, 15) is 0 Å². The Labute approximate surface area is 130 Å². The third-order valence-electron chi connectivity index (χ3n) is 5.12. The SMILES string of the molecule is CC1CCC(C(Cc2ccc(C(C)(C)C)cc2)NN)CC1. The molecule has 3 N–H and O–H groups in total. The first-order valence-electron chi connectivity index (χ1n) is 8.45. The van der Waals surface area contributed by atoms with Crippen LogP contribution < -0.4 is 11.3 Å². The minimum Gasteiger partial charge on any atom is -0.271 e. The van der Waals surface area contributed by atoms with Gasteiger partial charge in [0.25, 0.3) is 0 Å². The monoisotopic (exact) mass is 288 g/mol. The van der Waals surface area contributed by atoms with Crippen LogP contribution in [0.2, 0.25) is 0 Å². The van der Waals surface area contributed by atoms with Gasteiger partial charge in [-0.05, 0) is 47.6 Å². The first-order valence-corrected chi connectivity index (χ1v) is 8.45. The van der Waals surface area contributed by atoms with Gasteiger partial charge in [-0.3, -0.25) is 11.3 Å². The molecule has 0 bridgehead atoms. The third kappa shape index (κ3) is 4.55. The zero-order valence-electron chi connectivity index (χ0n) is 14.2. The Balaban J connectivity index is 1.98. The van der Waals surface area contributed by atoms with E-state index in [0.717, 1.165) is 18.3 Å². The molecule has 1 atom stereocenters. The van der Waals surface area contributed by atoms with E-state index in [1.54, 1.807) is 0 Å². The number of rotatable bonds is 4. The maximum absolute atomic E-state index is 5.84. The van der Waals surface area contributed by atoms with Crippen LogP contribution in [0.4, 0.5) is 0 Å². The van der Waals surface area contributed by atoms with Crippen LogP contribution in [0.25, 0.3) is 0 Å². The Kier molecular flexibility index (Phi) is 5.45. The van der Waals surface area contributed by atoms with E-state index in [1.165, 1.54) is 36.8 Å². The molecule has 1 aliphatic rings. The molecule has 1 aromatic carbocycles. The van der Waals surface area contributed by atoms with Crippen molar-refractivity contribution in [3.8, 4) is 0 Å². The number of hydrogen-bond acceptors (Lipinski definition) is 2. The maximum atomic E-state index is 5.84. The molecule has 1 aromatic rings. The summed E-state index contributed by atoms with van der Waals surface area (Å²) >= 11 is 0. The van der Waals surface area contributed by atoms with E-state index in [2.05, 4.69) is 57.4 Å². The van der Waals surface area contributed by atoms with Gasteiger partial charge < -0.3 is 0 Å². The van der Waals surface area contributed by atoms with Crippen LogP contribution in [0.5, 0.6) is 0 Å². The van der Waals surface area contributed by atoms with Gasteiger partial charge in [-0.25, -0.2) is 0 Å². The van der Waals surface area contributed by atoms with Gasteiger partial charge in [0, 0.05) is 6.04 Å². The highest BCUT2D eigenvalue weighted by molar-refractivity contribution is 5.28. The lowest BCUT2D eigenvalue weighted by Crippen LogP contribution is -2.43. The van der Waals surface area contributed by atoms with Gasteiger partial charge in [-0.1, -0.05) is 64.8 Å². The van der Waals surface area contributed by atoms with Crippen molar-refractivity contribution in [2.75, 3.05) is 0 Å². The molecule has 2 heteroatoms. The summed E-state index contributed by atoms with van der Waals surface area (Å²) in [5.74, 6) is 7.46. The highest BCUT2D eigenvalue weighted by Crippen LogP contribution is 2.31. The molecule has 2 rings (SSSR count). The van der Waals surface area contributed by atoms with Crippen molar-refractivity contribution in [1.29, 1.82) is 0 Å². The van der Waals surface area contributed by atoms with Crippen molar-refractivity contribution in [2.24, 2.45) is 17.7 Å². The normalized spacial score (nSPS) is 24.8. The van der Waals surface area contributed by atoms with Crippen molar-refractivity contribution < 1.29 is 0 Å². The van der Waals surface area contributed by atoms with Gasteiger partial charge in [0.05, 0.1) is 0 Å². The second-order valence-electron chi connectivity index (χ2n) is 7.94. The van der Waals surface area contributed by atoms with E-state index >= 15 is 0 Å². The molecule has 0 saturated heterocycles. The molecule has 1 saturated carbocycles. The number of benzene rings is 1. The fourth-order valence-electron chi connectivity index (χ4n) is 3.44. The number of hydrazine groups is 1. The predicted molar refractivity (Wildman–Crippen MR) is 91.1 cm³/mol. The van der Waals surface area contributed by atoms with E-state index in [1.807, 2.05) is 0 Å². The van der Waals surface area contributed by atoms with Crippen LogP contribution in [-0.2, 0) is 11.8 Å². The van der Waals surface area contributed by atoms with Crippen LogP contribution in [0.15, 0.2) is 24.3 Å². The lowest BCUT2D eigenvalue weighted by atomic mass is 9.77. The number of nitrogens with two attached hydrogens (primary N) is 1. The molecule has 2 nitrogen and oxygen atoms in total. The van der Waals surface area contributed by atoms with Gasteiger partial charge >= 0.3 is 0 Å². The van der Waals surface area contributed by atoms with Gasteiger partial charge in [-0.15, -0.1) is 0 Å². The molecular weight excluding hydrogens is 256 g/mol. The van der Waals surface area contributed by atoms with Crippen molar-refractivity contribution in [3.05, 3.63) is 35.4 Å². The molecule has 1 aliphatic carbocycles. The molecule has 0 aliphatic heterocycles. The summed E-state index contributed by atoms with van der Waals surface area (Å²) in [6.07, 6.45) is 6.38. The lowest BCUT2D eigenvalue weighted by Gasteiger charge is -2.32. The zero-order valence-corrected chi connectivity index (χ0v) is 14.2. The Hall–Kier alpha value is -0.860. The Bertz CT molecular complexity index is 422. The first-order chi connectivity index (χ1) is 9.90. The molecule has 0 radical (unpaired) electrons. The lowest BCUT2D eigenvalue weighted by molar-refractivity contribution is 0.229. The zero-order chi connectivity index (χ0) is 15.5. The highest BCUT2D eigenvalue weighted by atomic mass is 15.2. The van der Waals surface area contributed by atoms with Crippen LogP contribution >= 0.6 is 0 Å². The third-order valence-corrected chi connectivity index (χ3v) is 5.12. The largest absolute Gasteiger partial charge is 0.271 e. The average Bonchev–Trinajstić information content (AvgIpc) is 2.45. The van der Waals surface area contributed by atoms with E-state index < -0.39 is 0 Å². The summed E-state index contributed by atoms with van der Waals surface area (Å²) in [6.45, 7) is 9.15. The van der Waals surface area contributed by atoms with Crippen LogP contribution in [0.3, 0.4) is 0 Å². The molecule has 118 valence electrons. The van der Waals surface area contributed by atoms with Gasteiger partial charge in [0.1, 0.15) is 0 Å². The van der Waals surface area contributed by atoms with Crippen molar-refractivity contribution in [2.45, 2.75) is 71.3 Å². The smallest absolute Gasteiger partial charge is 0.0279 e.